The Kier molecular flexibility index (Phi) is 8.59. The van der Waals surface area contributed by atoms with E-state index in [4.69, 9.17) is 9.52 Å². The predicted molar refractivity (Wildman–Crippen MR) is 108 cm³/mol. The molecule has 170 valence electrons. The molecule has 0 bridgehead atoms. The highest BCUT2D eigenvalue weighted by molar-refractivity contribution is 5.92. The molecule has 0 spiro atoms. The number of carbonyl (C=O) groups excluding carboxylic acids is 4. The van der Waals surface area contributed by atoms with Crippen LogP contribution in [-0.2, 0) is 25.6 Å². The monoisotopic (exact) mass is 436 g/mol. The first-order chi connectivity index (χ1) is 14.7. The smallest absolute Gasteiger partial charge is 0.405 e. The summed E-state index contributed by atoms with van der Waals surface area (Å²) in [6.07, 6.45) is 1.33. The highest BCUT2D eigenvalue weighted by Gasteiger charge is 2.32. The van der Waals surface area contributed by atoms with Gasteiger partial charge in [0.05, 0.1) is 12.3 Å². The minimum Gasteiger partial charge on any atom is -0.469 e. The van der Waals surface area contributed by atoms with Crippen molar-refractivity contribution in [1.82, 2.24) is 21.3 Å². The van der Waals surface area contributed by atoms with Crippen LogP contribution in [0.1, 0.15) is 32.4 Å². The second-order valence-electron chi connectivity index (χ2n) is 7.78. The topological polar surface area (TPSA) is 167 Å². The van der Waals surface area contributed by atoms with Crippen LogP contribution in [0.2, 0.25) is 0 Å². The van der Waals surface area contributed by atoms with Crippen molar-refractivity contribution in [3.8, 4) is 0 Å². The van der Waals surface area contributed by atoms with Crippen molar-refractivity contribution in [2.24, 2.45) is 11.8 Å². The van der Waals surface area contributed by atoms with Gasteiger partial charge in [-0.25, -0.2) is 4.79 Å². The minimum absolute atomic E-state index is 0.00203. The van der Waals surface area contributed by atoms with E-state index >= 15 is 0 Å². The van der Waals surface area contributed by atoms with Crippen molar-refractivity contribution in [2.45, 2.75) is 51.2 Å². The van der Waals surface area contributed by atoms with Crippen molar-refractivity contribution in [1.29, 1.82) is 0 Å². The molecule has 1 aromatic rings. The van der Waals surface area contributed by atoms with Crippen LogP contribution in [-0.4, -0.2) is 59.9 Å². The van der Waals surface area contributed by atoms with Crippen LogP contribution in [0, 0.1) is 11.8 Å². The largest absolute Gasteiger partial charge is 0.469 e. The molecule has 2 heterocycles. The number of carboxylic acid groups (broad SMARTS) is 1. The van der Waals surface area contributed by atoms with E-state index in [1.807, 2.05) is 0 Å². The fourth-order valence-corrected chi connectivity index (χ4v) is 3.38. The predicted octanol–water partition coefficient (Wildman–Crippen LogP) is -0.191. The molecule has 1 fully saturated rings. The molecular weight excluding hydrogens is 408 g/mol. The summed E-state index contributed by atoms with van der Waals surface area (Å²) in [4.78, 5) is 59.8. The summed E-state index contributed by atoms with van der Waals surface area (Å²) in [6.45, 7) is 3.85. The lowest BCUT2D eigenvalue weighted by Crippen LogP contribution is -2.57. The van der Waals surface area contributed by atoms with Gasteiger partial charge in [-0.3, -0.25) is 14.4 Å². The zero-order valence-corrected chi connectivity index (χ0v) is 17.4. The standard InChI is InChI=1S/C20H28N4O7/c1-11(2)16(24-20(29)30)19(28)23-15(9-14-4-3-7-31-14)18(27)22-13(10-25)8-12-5-6-21-17(12)26/h3-4,7,10-13,15-16,24H,5-6,8-9H2,1-2H3,(H,21,26)(H,22,27)(H,23,28)(H,29,30)/t12-,13?,15?,16?/m0/s1. The number of carbonyl (C=O) groups is 5. The number of rotatable bonds is 11. The van der Waals surface area contributed by atoms with Gasteiger partial charge in [-0.15, -0.1) is 0 Å². The molecule has 2 rings (SSSR count). The molecule has 11 nitrogen and oxygen atoms in total. The Morgan fingerprint density at radius 1 is 1.26 bits per heavy atom. The van der Waals surface area contributed by atoms with Gasteiger partial charge in [-0.2, -0.15) is 0 Å². The summed E-state index contributed by atoms with van der Waals surface area (Å²) in [7, 11) is 0. The van der Waals surface area contributed by atoms with Gasteiger partial charge in [0, 0.05) is 18.9 Å². The van der Waals surface area contributed by atoms with Crippen molar-refractivity contribution >= 4 is 30.1 Å². The van der Waals surface area contributed by atoms with E-state index in [-0.39, 0.29) is 30.6 Å². The fraction of sp³-hybridized carbons (Fsp3) is 0.550. The zero-order chi connectivity index (χ0) is 23.0. The molecule has 4 amide bonds. The van der Waals surface area contributed by atoms with E-state index in [9.17, 15) is 24.0 Å². The van der Waals surface area contributed by atoms with E-state index in [1.165, 1.54) is 6.26 Å². The van der Waals surface area contributed by atoms with Gasteiger partial charge < -0.3 is 35.6 Å². The molecular formula is C20H28N4O7. The summed E-state index contributed by atoms with van der Waals surface area (Å²) in [5.41, 5.74) is 0. The first-order valence-electron chi connectivity index (χ1n) is 10.1. The van der Waals surface area contributed by atoms with Gasteiger partial charge >= 0.3 is 6.09 Å². The van der Waals surface area contributed by atoms with Crippen molar-refractivity contribution < 1.29 is 33.5 Å². The molecule has 1 aliphatic heterocycles. The first kappa shape index (κ1) is 23.9. The Bertz CT molecular complexity index is 793. The first-order valence-corrected chi connectivity index (χ1v) is 10.1. The second-order valence-corrected chi connectivity index (χ2v) is 7.78. The number of aldehydes is 1. The van der Waals surface area contributed by atoms with Crippen molar-refractivity contribution in [3.05, 3.63) is 24.2 Å². The molecule has 0 aliphatic carbocycles. The minimum atomic E-state index is -1.36. The van der Waals surface area contributed by atoms with Crippen LogP contribution in [0.3, 0.4) is 0 Å². The van der Waals surface area contributed by atoms with Crippen LogP contribution in [0.5, 0.6) is 0 Å². The highest BCUT2D eigenvalue weighted by Crippen LogP contribution is 2.16. The Hall–Kier alpha value is -3.37. The normalized spacial score (nSPS) is 18.5. The quantitative estimate of drug-likeness (QED) is 0.300. The average molecular weight is 436 g/mol. The Morgan fingerprint density at radius 2 is 2.00 bits per heavy atom. The lowest BCUT2D eigenvalue weighted by molar-refractivity contribution is -0.131. The van der Waals surface area contributed by atoms with E-state index in [0.717, 1.165) is 0 Å². The van der Waals surface area contributed by atoms with E-state index < -0.39 is 36.0 Å². The van der Waals surface area contributed by atoms with Gasteiger partial charge in [0.25, 0.3) is 0 Å². The summed E-state index contributed by atoms with van der Waals surface area (Å²) in [5, 5.41) is 18.9. The fourth-order valence-electron chi connectivity index (χ4n) is 3.38. The van der Waals surface area contributed by atoms with E-state index in [2.05, 4.69) is 21.3 Å². The van der Waals surface area contributed by atoms with Crippen molar-refractivity contribution in [2.75, 3.05) is 6.54 Å². The van der Waals surface area contributed by atoms with Crippen LogP contribution in [0.15, 0.2) is 22.8 Å². The Balaban J connectivity index is 2.10. The average Bonchev–Trinajstić information content (AvgIpc) is 3.36. The molecule has 11 heteroatoms. The van der Waals surface area contributed by atoms with Gasteiger partial charge in [0.2, 0.25) is 17.7 Å². The van der Waals surface area contributed by atoms with Gasteiger partial charge in [0.1, 0.15) is 24.1 Å². The molecule has 1 aromatic heterocycles. The van der Waals surface area contributed by atoms with Crippen LogP contribution in [0.4, 0.5) is 4.79 Å². The zero-order valence-electron chi connectivity index (χ0n) is 17.4. The van der Waals surface area contributed by atoms with Crippen molar-refractivity contribution in [3.63, 3.8) is 0 Å². The maximum Gasteiger partial charge on any atom is 0.405 e. The summed E-state index contributed by atoms with van der Waals surface area (Å²) in [5.74, 6) is -1.81. The third kappa shape index (κ3) is 7.12. The summed E-state index contributed by atoms with van der Waals surface area (Å²) >= 11 is 0. The lowest BCUT2D eigenvalue weighted by atomic mass is 9.98. The molecule has 1 aliphatic rings. The molecule has 31 heavy (non-hydrogen) atoms. The van der Waals surface area contributed by atoms with Crippen LogP contribution < -0.4 is 21.3 Å². The Labute approximate surface area is 179 Å². The molecule has 1 saturated heterocycles. The maximum absolute atomic E-state index is 12.9. The Morgan fingerprint density at radius 3 is 2.52 bits per heavy atom. The number of nitrogens with one attached hydrogen (secondary N) is 4. The molecule has 0 aromatic carbocycles. The third-order valence-corrected chi connectivity index (χ3v) is 5.04. The maximum atomic E-state index is 12.9. The summed E-state index contributed by atoms with van der Waals surface area (Å²) in [6, 6.07) is 0.156. The third-order valence-electron chi connectivity index (χ3n) is 5.04. The second kappa shape index (κ2) is 11.1. The summed E-state index contributed by atoms with van der Waals surface area (Å²) < 4.78 is 5.26. The molecule has 5 N–H and O–H groups in total. The molecule has 0 radical (unpaired) electrons. The molecule has 3 unspecified atom stereocenters. The lowest BCUT2D eigenvalue weighted by Gasteiger charge is -2.25. The highest BCUT2D eigenvalue weighted by atomic mass is 16.4. The van der Waals surface area contributed by atoms with Gasteiger partial charge in [-0.1, -0.05) is 13.8 Å². The van der Waals surface area contributed by atoms with E-state index in [0.29, 0.717) is 25.0 Å². The number of furan rings is 1. The van der Waals surface area contributed by atoms with Crippen LogP contribution in [0.25, 0.3) is 0 Å². The number of amides is 4. The SMILES string of the molecule is CC(C)C(NC(=O)O)C(=O)NC(Cc1ccco1)C(=O)NC(C=O)C[C@@H]1CCNC1=O. The van der Waals surface area contributed by atoms with E-state index in [1.54, 1.807) is 26.0 Å². The molecule has 0 saturated carbocycles. The van der Waals surface area contributed by atoms with Gasteiger partial charge in [0.15, 0.2) is 0 Å². The molecule has 4 atom stereocenters. The number of hydrogen-bond donors (Lipinski definition) is 5. The van der Waals surface area contributed by atoms with Gasteiger partial charge in [-0.05, 0) is 30.9 Å². The van der Waals surface area contributed by atoms with Crippen LogP contribution >= 0.6 is 0 Å². The number of hydrogen-bond acceptors (Lipinski definition) is 6.